The monoisotopic (exact) mass is 228 g/mol. The summed E-state index contributed by atoms with van der Waals surface area (Å²) >= 11 is 0. The summed E-state index contributed by atoms with van der Waals surface area (Å²) in [5.41, 5.74) is 0. The van der Waals surface area contributed by atoms with Crippen molar-refractivity contribution in [1.29, 1.82) is 0 Å². The van der Waals surface area contributed by atoms with E-state index in [2.05, 4.69) is 0 Å². The van der Waals surface area contributed by atoms with Crippen molar-refractivity contribution >= 4 is 15.2 Å². The third kappa shape index (κ3) is 12.3. The first-order valence-electron chi connectivity index (χ1n) is 3.73. The molecule has 0 heterocycles. The standard InChI is InChI=1S/C5H14O6P2/c6-12(7,8)4-2-1-3-5-13(9,10)11/h1-5H2,(H2,6,7,8)(H2,9,10,11)/p-4. The van der Waals surface area contributed by atoms with Gasteiger partial charge >= 0.3 is 0 Å². The Kier molecular flexibility index (Phi) is 5.37. The summed E-state index contributed by atoms with van der Waals surface area (Å²) in [6, 6.07) is 0. The molecule has 0 aliphatic carbocycles. The molecule has 0 aromatic carbocycles. The van der Waals surface area contributed by atoms with Crippen molar-refractivity contribution in [3.05, 3.63) is 0 Å². The maximum atomic E-state index is 10.1. The molecule has 0 aromatic rings. The highest BCUT2D eigenvalue weighted by Gasteiger charge is 1.95. The summed E-state index contributed by atoms with van der Waals surface area (Å²) in [5.74, 6) is 0. The summed E-state index contributed by atoms with van der Waals surface area (Å²) in [6.07, 6.45) is -0.457. The number of unbranched alkanes of at least 4 members (excludes halogenated alkanes) is 2. The Bertz CT molecular complexity index is 203. The van der Waals surface area contributed by atoms with E-state index in [-0.39, 0.29) is 19.3 Å². The zero-order chi connectivity index (χ0) is 10.5. The van der Waals surface area contributed by atoms with Crippen molar-refractivity contribution in [2.24, 2.45) is 0 Å². The molecule has 0 N–H and O–H groups in total. The normalized spacial score (nSPS) is 13.2. The molecule has 0 spiro atoms. The van der Waals surface area contributed by atoms with Gasteiger partial charge in [0, 0.05) is 0 Å². The van der Waals surface area contributed by atoms with Crippen LogP contribution in [-0.4, -0.2) is 12.3 Å². The summed E-state index contributed by atoms with van der Waals surface area (Å²) in [7, 11) is -8.94. The Balaban J connectivity index is 3.39. The molecule has 0 saturated carbocycles. The van der Waals surface area contributed by atoms with Gasteiger partial charge in [-0.25, -0.2) is 0 Å². The maximum absolute atomic E-state index is 10.1. The zero-order valence-corrected chi connectivity index (χ0v) is 8.67. The molecule has 0 aliphatic heterocycles. The molecule has 0 aliphatic rings. The first kappa shape index (κ1) is 13.3. The molecule has 13 heavy (non-hydrogen) atoms. The van der Waals surface area contributed by atoms with E-state index < -0.39 is 27.5 Å². The quantitative estimate of drug-likeness (QED) is 0.381. The second-order valence-electron chi connectivity index (χ2n) is 2.73. The van der Waals surface area contributed by atoms with E-state index in [4.69, 9.17) is 0 Å². The summed E-state index contributed by atoms with van der Waals surface area (Å²) in [5, 5.41) is 0. The molecular formula is C5H10O6P2-4. The average molecular weight is 228 g/mol. The minimum absolute atomic E-state index is 0.115. The second kappa shape index (κ2) is 5.25. The minimum Gasteiger partial charge on any atom is -0.811 e. The van der Waals surface area contributed by atoms with E-state index in [1.54, 1.807) is 0 Å². The zero-order valence-electron chi connectivity index (χ0n) is 6.88. The predicted molar refractivity (Wildman–Crippen MR) is 38.8 cm³/mol. The van der Waals surface area contributed by atoms with Crippen LogP contribution in [0.1, 0.15) is 19.3 Å². The van der Waals surface area contributed by atoms with Gasteiger partial charge in [-0.2, -0.15) is 0 Å². The molecule has 0 unspecified atom stereocenters. The molecule has 0 fully saturated rings. The molecule has 0 amide bonds. The van der Waals surface area contributed by atoms with E-state index in [0.717, 1.165) is 0 Å². The van der Waals surface area contributed by atoms with Gasteiger partial charge in [-0.05, 0) is 25.2 Å². The first-order valence-corrected chi connectivity index (χ1v) is 7.18. The molecular weight excluding hydrogens is 218 g/mol. The van der Waals surface area contributed by atoms with Crippen LogP contribution in [0.3, 0.4) is 0 Å². The van der Waals surface area contributed by atoms with Crippen molar-refractivity contribution in [3.63, 3.8) is 0 Å². The Labute approximate surface area is 76.3 Å². The highest BCUT2D eigenvalue weighted by atomic mass is 31.2. The van der Waals surface area contributed by atoms with Gasteiger partial charge in [0.05, 0.1) is 0 Å². The Morgan fingerprint density at radius 3 is 1.23 bits per heavy atom. The molecule has 0 aromatic heterocycles. The Morgan fingerprint density at radius 2 is 1.00 bits per heavy atom. The van der Waals surface area contributed by atoms with Gasteiger partial charge in [0.15, 0.2) is 0 Å². The van der Waals surface area contributed by atoms with Gasteiger partial charge in [-0.15, -0.1) is 0 Å². The van der Waals surface area contributed by atoms with Crippen LogP contribution >= 0.6 is 15.2 Å². The lowest BCUT2D eigenvalue weighted by Crippen LogP contribution is -2.18. The fourth-order valence-electron chi connectivity index (χ4n) is 0.788. The van der Waals surface area contributed by atoms with E-state index in [0.29, 0.717) is 0 Å². The number of rotatable bonds is 6. The molecule has 0 saturated heterocycles. The van der Waals surface area contributed by atoms with Gasteiger partial charge in [0.1, 0.15) is 0 Å². The highest BCUT2D eigenvalue weighted by Crippen LogP contribution is 2.27. The van der Waals surface area contributed by atoms with Crippen molar-refractivity contribution < 1.29 is 28.7 Å². The lowest BCUT2D eigenvalue weighted by atomic mass is 10.3. The molecule has 8 heteroatoms. The van der Waals surface area contributed by atoms with Gasteiger partial charge in [-0.3, -0.25) is 0 Å². The molecule has 0 bridgehead atoms. The lowest BCUT2D eigenvalue weighted by molar-refractivity contribution is -0.314. The summed E-state index contributed by atoms with van der Waals surface area (Å²) in [6.45, 7) is 0. The van der Waals surface area contributed by atoms with Crippen LogP contribution in [0.15, 0.2) is 0 Å². The van der Waals surface area contributed by atoms with E-state index in [1.165, 1.54) is 0 Å². The molecule has 0 atom stereocenters. The van der Waals surface area contributed by atoms with E-state index >= 15 is 0 Å². The fourth-order valence-corrected chi connectivity index (χ4v) is 2.01. The molecule has 6 nitrogen and oxygen atoms in total. The molecule has 80 valence electrons. The number of hydrogen-bond acceptors (Lipinski definition) is 6. The summed E-state index contributed by atoms with van der Waals surface area (Å²) in [4.78, 5) is 40.3. The minimum atomic E-state index is -4.47. The fraction of sp³-hybridized carbons (Fsp3) is 1.00. The largest absolute Gasteiger partial charge is 0.811 e. The molecule has 0 rings (SSSR count). The molecule has 0 radical (unpaired) electrons. The second-order valence-corrected chi connectivity index (χ2v) is 6.07. The van der Waals surface area contributed by atoms with Crippen molar-refractivity contribution in [3.8, 4) is 0 Å². The lowest BCUT2D eigenvalue weighted by Gasteiger charge is -2.30. The third-order valence-electron chi connectivity index (χ3n) is 1.36. The van der Waals surface area contributed by atoms with Crippen LogP contribution in [0.25, 0.3) is 0 Å². The average Bonchev–Trinajstić information content (AvgIpc) is 1.81. The van der Waals surface area contributed by atoms with Crippen LogP contribution in [0.5, 0.6) is 0 Å². The maximum Gasteiger partial charge on any atom is -0.0250 e. The van der Waals surface area contributed by atoms with Gasteiger partial charge < -0.3 is 28.7 Å². The van der Waals surface area contributed by atoms with Crippen LogP contribution in [0.2, 0.25) is 0 Å². The SMILES string of the molecule is O=P([O-])([O-])CCCCCP(=O)([O-])[O-]. The Morgan fingerprint density at radius 1 is 0.692 bits per heavy atom. The van der Waals surface area contributed by atoms with E-state index in [1.807, 2.05) is 0 Å². The Hall–Kier alpha value is 0.300. The van der Waals surface area contributed by atoms with E-state index in [9.17, 15) is 28.7 Å². The van der Waals surface area contributed by atoms with Crippen LogP contribution in [0.4, 0.5) is 0 Å². The van der Waals surface area contributed by atoms with Crippen LogP contribution in [0, 0.1) is 0 Å². The van der Waals surface area contributed by atoms with Crippen molar-refractivity contribution in [2.75, 3.05) is 12.3 Å². The summed E-state index contributed by atoms with van der Waals surface area (Å²) < 4.78 is 20.2. The van der Waals surface area contributed by atoms with Crippen molar-refractivity contribution in [1.82, 2.24) is 0 Å². The predicted octanol–water partition coefficient (Wildman–Crippen LogP) is -2.02. The third-order valence-corrected chi connectivity index (χ3v) is 3.09. The highest BCUT2D eigenvalue weighted by molar-refractivity contribution is 7.49. The van der Waals surface area contributed by atoms with Crippen LogP contribution < -0.4 is 19.6 Å². The van der Waals surface area contributed by atoms with Crippen LogP contribution in [-0.2, 0) is 9.13 Å². The smallest absolute Gasteiger partial charge is 0.0250 e. The van der Waals surface area contributed by atoms with Gasteiger partial charge in [0.2, 0.25) is 0 Å². The first-order chi connectivity index (χ1) is 5.71. The van der Waals surface area contributed by atoms with Crippen molar-refractivity contribution in [2.45, 2.75) is 19.3 Å². The van der Waals surface area contributed by atoms with Gasteiger partial charge in [0.25, 0.3) is 0 Å². The topological polar surface area (TPSA) is 126 Å². The van der Waals surface area contributed by atoms with Gasteiger partial charge in [-0.1, -0.05) is 21.6 Å². The number of hydrogen-bond donors (Lipinski definition) is 0.